The topological polar surface area (TPSA) is 0 Å². The molecule has 0 aliphatic rings. The largest absolute Gasteiger partial charge is 0.139 e. The summed E-state index contributed by atoms with van der Waals surface area (Å²) in [6.45, 7) is 4.25. The summed E-state index contributed by atoms with van der Waals surface area (Å²) in [6.07, 6.45) is 0. The Bertz CT molecular complexity index is 165. The van der Waals surface area contributed by atoms with Gasteiger partial charge in [-0.25, -0.2) is 0 Å². The van der Waals surface area contributed by atoms with Gasteiger partial charge >= 0.3 is 0 Å². The fourth-order valence-corrected chi connectivity index (χ4v) is 1.20. The lowest BCUT2D eigenvalue weighted by Gasteiger charge is -1.97. The molecule has 1 heteroatoms. The molecule has 0 unspecified atom stereocenters. The van der Waals surface area contributed by atoms with Gasteiger partial charge in [-0.05, 0) is 13.8 Å². The van der Waals surface area contributed by atoms with Crippen molar-refractivity contribution in [2.45, 2.75) is 13.8 Å². The van der Waals surface area contributed by atoms with E-state index in [1.807, 2.05) is 0 Å². The molecule has 0 bridgehead atoms. The molecule has 0 aliphatic heterocycles. The Kier molecular flexibility index (Phi) is 1.61. The summed E-state index contributed by atoms with van der Waals surface area (Å²) in [5, 5.41) is 0. The van der Waals surface area contributed by atoms with Crippen LogP contribution in [0.4, 0.5) is 0 Å². The molecule has 0 saturated carbocycles. The predicted octanol–water partition coefficient (Wildman–Crippen LogP) is 0.562. The lowest BCUT2D eigenvalue weighted by atomic mass is 9.93. The van der Waals surface area contributed by atoms with Gasteiger partial charge in [0, 0.05) is 0 Å². The second-order valence-corrected chi connectivity index (χ2v) is 2.67. The molecule has 0 amide bonds. The van der Waals surface area contributed by atoms with Gasteiger partial charge in [-0.1, -0.05) is 34.8 Å². The Morgan fingerprint density at radius 3 is 1.78 bits per heavy atom. The highest BCUT2D eigenvalue weighted by atomic mass is 13.9. The van der Waals surface area contributed by atoms with Crippen LogP contribution in [-0.2, 0) is 0 Å². The quantitative estimate of drug-likeness (QED) is 0.436. The lowest BCUT2D eigenvalue weighted by Crippen LogP contribution is -2.02. The van der Waals surface area contributed by atoms with Crippen LogP contribution in [0.2, 0.25) is 0 Å². The molecule has 1 rings (SSSR count). The Morgan fingerprint density at radius 2 is 1.44 bits per heavy atom. The van der Waals surface area contributed by atoms with E-state index in [0.717, 1.165) is 0 Å². The first-order valence-electron chi connectivity index (χ1n) is 3.23. The van der Waals surface area contributed by atoms with E-state index in [4.69, 9.17) is 0 Å². The second-order valence-electron chi connectivity index (χ2n) is 2.67. The summed E-state index contributed by atoms with van der Waals surface area (Å²) < 4.78 is 0. The van der Waals surface area contributed by atoms with Crippen molar-refractivity contribution in [3.05, 3.63) is 29.3 Å². The van der Waals surface area contributed by atoms with Crippen molar-refractivity contribution in [3.8, 4) is 0 Å². The summed E-state index contributed by atoms with van der Waals surface area (Å²) in [4.78, 5) is 0. The smallest absolute Gasteiger partial charge is 0.0884 e. The molecule has 0 N–H and O–H groups in total. The summed E-state index contributed by atoms with van der Waals surface area (Å²) >= 11 is 0. The molecule has 1 aromatic rings. The van der Waals surface area contributed by atoms with Gasteiger partial charge in [0.05, 0.1) is 0 Å². The standard InChI is InChI=1S/C8H11B/c1-6-3-7(2)5-8(9)4-6/h3-5H,9H2,1-2H3. The minimum atomic E-state index is 1.35. The minimum absolute atomic E-state index is 1.35. The average Bonchev–Trinajstić information content (AvgIpc) is 1.59. The van der Waals surface area contributed by atoms with E-state index in [9.17, 15) is 0 Å². The van der Waals surface area contributed by atoms with Gasteiger partial charge in [0.1, 0.15) is 7.85 Å². The summed E-state index contributed by atoms with van der Waals surface area (Å²) in [5.41, 5.74) is 4.06. The zero-order valence-electron chi connectivity index (χ0n) is 6.23. The molecule has 0 nitrogen and oxygen atoms in total. The van der Waals surface area contributed by atoms with Crippen LogP contribution in [0, 0.1) is 13.8 Å². The van der Waals surface area contributed by atoms with E-state index in [1.54, 1.807) is 0 Å². The third kappa shape index (κ3) is 1.60. The fraction of sp³-hybridized carbons (Fsp3) is 0.250. The van der Waals surface area contributed by atoms with E-state index in [0.29, 0.717) is 0 Å². The first-order chi connectivity index (χ1) is 4.18. The highest BCUT2D eigenvalue weighted by Crippen LogP contribution is 1.97. The molecule has 0 radical (unpaired) electrons. The van der Waals surface area contributed by atoms with Gasteiger partial charge in [0.25, 0.3) is 0 Å². The monoisotopic (exact) mass is 118 g/mol. The van der Waals surface area contributed by atoms with Crippen molar-refractivity contribution in [3.63, 3.8) is 0 Å². The average molecular weight is 118 g/mol. The van der Waals surface area contributed by atoms with E-state index >= 15 is 0 Å². The van der Waals surface area contributed by atoms with Crippen molar-refractivity contribution in [1.82, 2.24) is 0 Å². The lowest BCUT2D eigenvalue weighted by molar-refractivity contribution is 1.40. The van der Waals surface area contributed by atoms with Crippen LogP contribution in [0.3, 0.4) is 0 Å². The Labute approximate surface area is 57.3 Å². The van der Waals surface area contributed by atoms with Crippen LogP contribution in [0.25, 0.3) is 0 Å². The van der Waals surface area contributed by atoms with Crippen molar-refractivity contribution in [2.24, 2.45) is 0 Å². The van der Waals surface area contributed by atoms with E-state index in [1.165, 1.54) is 16.6 Å². The minimum Gasteiger partial charge on any atom is -0.0884 e. The van der Waals surface area contributed by atoms with Crippen LogP contribution in [0.1, 0.15) is 11.1 Å². The van der Waals surface area contributed by atoms with Crippen molar-refractivity contribution in [2.75, 3.05) is 0 Å². The maximum atomic E-state index is 2.19. The molecule has 0 aromatic heterocycles. The maximum absolute atomic E-state index is 2.19. The molecule has 0 fully saturated rings. The molecule has 0 atom stereocenters. The number of aryl methyl sites for hydroxylation is 2. The molecular weight excluding hydrogens is 107 g/mol. The zero-order valence-corrected chi connectivity index (χ0v) is 6.23. The molecule has 0 saturated heterocycles. The second kappa shape index (κ2) is 2.26. The third-order valence-corrected chi connectivity index (χ3v) is 1.37. The molecule has 46 valence electrons. The normalized spacial score (nSPS) is 9.56. The number of hydrogen-bond acceptors (Lipinski definition) is 0. The molecule has 0 heterocycles. The molecular formula is C8H11B. The van der Waals surface area contributed by atoms with Gasteiger partial charge in [0.15, 0.2) is 0 Å². The van der Waals surface area contributed by atoms with Gasteiger partial charge < -0.3 is 0 Å². The SMILES string of the molecule is Bc1cc(C)cc(C)c1. The summed E-state index contributed by atoms with van der Waals surface area (Å²) in [5.74, 6) is 0. The van der Waals surface area contributed by atoms with Crippen molar-refractivity contribution < 1.29 is 0 Å². The van der Waals surface area contributed by atoms with Gasteiger partial charge in [-0.15, -0.1) is 0 Å². The predicted molar refractivity (Wildman–Crippen MR) is 44.1 cm³/mol. The molecule has 0 aliphatic carbocycles. The third-order valence-electron chi connectivity index (χ3n) is 1.37. The zero-order chi connectivity index (χ0) is 6.85. The van der Waals surface area contributed by atoms with Crippen LogP contribution in [0.5, 0.6) is 0 Å². The number of rotatable bonds is 0. The molecule has 9 heavy (non-hydrogen) atoms. The fourth-order valence-electron chi connectivity index (χ4n) is 1.20. The van der Waals surface area contributed by atoms with Crippen LogP contribution in [-0.4, -0.2) is 7.85 Å². The molecule has 1 aromatic carbocycles. The Hall–Kier alpha value is -0.715. The highest BCUT2D eigenvalue weighted by molar-refractivity contribution is 6.32. The van der Waals surface area contributed by atoms with Gasteiger partial charge in [0.2, 0.25) is 0 Å². The summed E-state index contributed by atoms with van der Waals surface area (Å²) in [6, 6.07) is 6.56. The number of hydrogen-bond donors (Lipinski definition) is 0. The van der Waals surface area contributed by atoms with Crippen LogP contribution < -0.4 is 5.46 Å². The van der Waals surface area contributed by atoms with E-state index in [-0.39, 0.29) is 0 Å². The first kappa shape index (κ1) is 6.41. The van der Waals surface area contributed by atoms with E-state index < -0.39 is 0 Å². The van der Waals surface area contributed by atoms with Gasteiger partial charge in [-0.3, -0.25) is 0 Å². The van der Waals surface area contributed by atoms with Crippen LogP contribution in [0.15, 0.2) is 18.2 Å². The molecule has 0 spiro atoms. The highest BCUT2D eigenvalue weighted by Gasteiger charge is 1.87. The maximum Gasteiger partial charge on any atom is 0.139 e. The van der Waals surface area contributed by atoms with E-state index in [2.05, 4.69) is 39.9 Å². The first-order valence-corrected chi connectivity index (χ1v) is 3.23. The van der Waals surface area contributed by atoms with Crippen molar-refractivity contribution >= 4 is 13.3 Å². The summed E-state index contributed by atoms with van der Waals surface area (Å²) in [7, 11) is 2.12. The van der Waals surface area contributed by atoms with Gasteiger partial charge in [-0.2, -0.15) is 0 Å². The number of benzene rings is 1. The van der Waals surface area contributed by atoms with Crippen molar-refractivity contribution in [1.29, 1.82) is 0 Å². The Morgan fingerprint density at radius 1 is 1.00 bits per heavy atom. The van der Waals surface area contributed by atoms with Crippen LogP contribution >= 0.6 is 0 Å². The Balaban J connectivity index is 3.17.